The van der Waals surface area contributed by atoms with E-state index in [4.69, 9.17) is 10.5 Å². The van der Waals surface area contributed by atoms with Crippen molar-refractivity contribution in [2.75, 3.05) is 13.1 Å². The minimum Gasteiger partial charge on any atom is -0.444 e. The summed E-state index contributed by atoms with van der Waals surface area (Å²) in [7, 11) is 0. The minimum atomic E-state index is -5.05. The van der Waals surface area contributed by atoms with Crippen LogP contribution in [0.5, 0.6) is 5.75 Å². The van der Waals surface area contributed by atoms with Crippen LogP contribution in [0.15, 0.2) is 48.7 Å². The molecule has 1 saturated heterocycles. The number of nitrogens with zero attached hydrogens (tertiary/aromatic N) is 3. The van der Waals surface area contributed by atoms with E-state index in [0.717, 1.165) is 0 Å². The van der Waals surface area contributed by atoms with Crippen LogP contribution in [0.2, 0.25) is 0 Å². The van der Waals surface area contributed by atoms with Crippen molar-refractivity contribution in [2.24, 2.45) is 5.73 Å². The quantitative estimate of drug-likeness (QED) is 0.238. The van der Waals surface area contributed by atoms with E-state index in [0.29, 0.717) is 43.3 Å². The van der Waals surface area contributed by atoms with Crippen LogP contribution >= 0.6 is 0 Å². The van der Waals surface area contributed by atoms with Crippen LogP contribution in [0.1, 0.15) is 78.9 Å². The Morgan fingerprint density at radius 1 is 0.979 bits per heavy atom. The molecule has 14 heteroatoms. The van der Waals surface area contributed by atoms with Gasteiger partial charge in [-0.1, -0.05) is 36.3 Å². The number of carbonyl (C=O) groups is 2. The van der Waals surface area contributed by atoms with Crippen molar-refractivity contribution >= 4 is 12.0 Å². The highest BCUT2D eigenvalue weighted by molar-refractivity contribution is 5.77. The predicted molar refractivity (Wildman–Crippen MR) is 158 cm³/mol. The summed E-state index contributed by atoms with van der Waals surface area (Å²) in [6.45, 7) is 5.93. The van der Waals surface area contributed by atoms with Gasteiger partial charge in [0.15, 0.2) is 0 Å². The van der Waals surface area contributed by atoms with Gasteiger partial charge in [-0.3, -0.25) is 4.79 Å². The molecule has 250 valence electrons. The molecule has 0 unspecified atom stereocenters. The lowest BCUT2D eigenvalue weighted by Gasteiger charge is -2.33. The molecule has 1 fully saturated rings. The number of hydrogen-bond acceptors (Lipinski definition) is 6. The fourth-order valence-corrected chi connectivity index (χ4v) is 5.00. The molecule has 1 aliphatic rings. The summed E-state index contributed by atoms with van der Waals surface area (Å²) in [4.78, 5) is 33.1. The van der Waals surface area contributed by atoms with E-state index >= 15 is 0 Å². The van der Waals surface area contributed by atoms with Crippen molar-refractivity contribution < 1.29 is 45.4 Å². The summed E-state index contributed by atoms with van der Waals surface area (Å²) >= 11 is 0. The first-order valence-corrected chi connectivity index (χ1v) is 14.6. The van der Waals surface area contributed by atoms with Crippen molar-refractivity contribution in [3.63, 3.8) is 0 Å². The molecule has 0 radical (unpaired) electrons. The number of nitrogens with two attached hydrogens (primary N) is 1. The average Bonchev–Trinajstić information content (AvgIpc) is 2.95. The summed E-state index contributed by atoms with van der Waals surface area (Å²) in [6, 6.07) is 10.5. The number of primary amides is 1. The Kier molecular flexibility index (Phi) is 10.4. The third kappa shape index (κ3) is 10.1. The number of piperidine rings is 1. The zero-order valence-electron chi connectivity index (χ0n) is 25.8. The average molecular weight is 663 g/mol. The molecule has 3 aromatic rings. The van der Waals surface area contributed by atoms with E-state index in [-0.39, 0.29) is 29.3 Å². The first kappa shape index (κ1) is 35.1. The van der Waals surface area contributed by atoms with Crippen LogP contribution in [0.4, 0.5) is 31.1 Å². The van der Waals surface area contributed by atoms with Gasteiger partial charge in [0.25, 0.3) is 0 Å². The van der Waals surface area contributed by atoms with Gasteiger partial charge in [-0.05, 0) is 68.7 Å². The summed E-state index contributed by atoms with van der Waals surface area (Å²) in [5.41, 5.74) is 3.85. The number of hydrogen-bond donors (Lipinski definition) is 1. The Labute approximate surface area is 267 Å². The fourth-order valence-electron chi connectivity index (χ4n) is 5.00. The summed E-state index contributed by atoms with van der Waals surface area (Å²) < 4.78 is 91.5. The van der Waals surface area contributed by atoms with Gasteiger partial charge in [0, 0.05) is 36.8 Å². The molecule has 1 aromatic heterocycles. The lowest BCUT2D eigenvalue weighted by molar-refractivity contribution is -0.274. The smallest absolute Gasteiger partial charge is 0.444 e. The topological polar surface area (TPSA) is 108 Å². The zero-order valence-corrected chi connectivity index (χ0v) is 25.8. The molecule has 2 aromatic carbocycles. The van der Waals surface area contributed by atoms with Crippen LogP contribution in [0, 0.1) is 11.8 Å². The van der Waals surface area contributed by atoms with Crippen molar-refractivity contribution in [1.82, 2.24) is 14.9 Å². The van der Waals surface area contributed by atoms with Gasteiger partial charge >= 0.3 is 18.6 Å². The number of halogens is 6. The molecule has 0 spiro atoms. The maximum atomic E-state index is 13.8. The number of carbonyl (C=O) groups excluding carboxylic acids is 2. The molecule has 4 rings (SSSR count). The lowest BCUT2D eigenvalue weighted by Crippen LogP contribution is -2.41. The second-order valence-corrected chi connectivity index (χ2v) is 11.9. The molecule has 8 nitrogen and oxygen atoms in total. The number of aromatic nitrogens is 2. The molecule has 2 N–H and O–H groups in total. The van der Waals surface area contributed by atoms with E-state index in [2.05, 4.69) is 26.5 Å². The van der Waals surface area contributed by atoms with Crippen LogP contribution in [-0.4, -0.2) is 51.9 Å². The molecule has 2 amide bonds. The van der Waals surface area contributed by atoms with Crippen molar-refractivity contribution in [3.8, 4) is 17.6 Å². The standard InChI is InChI=1S/C33H32F6N4O4/c1-31(2,3)47-30(45)43-14-12-21(13-15-43)23-8-9-24(27(16-23)46-33(37,38)39)18-29-41-19-25(32(34,35)36)26(42-29)11-10-20-6-4-5-7-22(20)17-28(40)44/h4-9,16,19,21H,12-15,17-18H2,1-3H3,(H2,40,44). The maximum absolute atomic E-state index is 13.8. The highest BCUT2D eigenvalue weighted by Crippen LogP contribution is 2.36. The number of likely N-dealkylation sites (tertiary alicyclic amines) is 1. The number of benzene rings is 2. The molecule has 1 aliphatic heterocycles. The van der Waals surface area contributed by atoms with Crippen molar-refractivity contribution in [3.05, 3.63) is 88.0 Å². The van der Waals surface area contributed by atoms with Crippen molar-refractivity contribution in [1.29, 1.82) is 0 Å². The number of alkyl halides is 6. The van der Waals surface area contributed by atoms with Gasteiger partial charge in [-0.2, -0.15) is 13.2 Å². The fraction of sp³-hybridized carbons (Fsp3) is 0.394. The Bertz CT molecular complexity index is 1680. The van der Waals surface area contributed by atoms with Gasteiger partial charge in [0.2, 0.25) is 5.91 Å². The number of ether oxygens (including phenoxy) is 2. The van der Waals surface area contributed by atoms with Crippen LogP contribution in [0.25, 0.3) is 0 Å². The van der Waals surface area contributed by atoms with Gasteiger partial charge in [0.05, 0.1) is 6.42 Å². The third-order valence-electron chi connectivity index (χ3n) is 7.13. The summed E-state index contributed by atoms with van der Waals surface area (Å²) in [6.07, 6.45) is -9.51. The Hall–Kier alpha value is -4.80. The normalized spacial score (nSPS) is 14.3. The van der Waals surface area contributed by atoms with Crippen LogP contribution < -0.4 is 10.5 Å². The minimum absolute atomic E-state index is 0.0114. The van der Waals surface area contributed by atoms with Gasteiger partial charge in [-0.15, -0.1) is 13.2 Å². The molecule has 47 heavy (non-hydrogen) atoms. The molecule has 0 saturated carbocycles. The number of rotatable bonds is 6. The summed E-state index contributed by atoms with van der Waals surface area (Å²) in [5.74, 6) is 3.37. The largest absolute Gasteiger partial charge is 0.573 e. The first-order valence-electron chi connectivity index (χ1n) is 14.6. The van der Waals surface area contributed by atoms with Crippen molar-refractivity contribution in [2.45, 2.75) is 70.5 Å². The van der Waals surface area contributed by atoms with Gasteiger partial charge in [0.1, 0.15) is 28.4 Å². The van der Waals surface area contributed by atoms with E-state index in [9.17, 15) is 35.9 Å². The molecule has 0 bridgehead atoms. The van der Waals surface area contributed by atoms with Crippen LogP contribution in [0.3, 0.4) is 0 Å². The lowest BCUT2D eigenvalue weighted by atomic mass is 9.88. The van der Waals surface area contributed by atoms with E-state index in [1.54, 1.807) is 49.9 Å². The van der Waals surface area contributed by atoms with E-state index in [1.807, 2.05) is 0 Å². The second-order valence-electron chi connectivity index (χ2n) is 11.9. The molecule has 2 heterocycles. The first-order chi connectivity index (χ1) is 21.9. The Morgan fingerprint density at radius 3 is 2.28 bits per heavy atom. The van der Waals surface area contributed by atoms with E-state index in [1.165, 1.54) is 18.2 Å². The molecule has 0 atom stereocenters. The Balaban J connectivity index is 1.62. The highest BCUT2D eigenvalue weighted by atomic mass is 19.4. The van der Waals surface area contributed by atoms with Gasteiger partial charge < -0.3 is 20.1 Å². The maximum Gasteiger partial charge on any atom is 0.573 e. The number of amides is 2. The summed E-state index contributed by atoms with van der Waals surface area (Å²) in [5, 5.41) is 0. The molecular formula is C33H32F6N4O4. The predicted octanol–water partition coefficient (Wildman–Crippen LogP) is 6.53. The van der Waals surface area contributed by atoms with Gasteiger partial charge in [-0.25, -0.2) is 14.8 Å². The molecular weight excluding hydrogens is 630 g/mol. The molecule has 0 aliphatic carbocycles. The zero-order chi connectivity index (χ0) is 34.6. The highest BCUT2D eigenvalue weighted by Gasteiger charge is 2.36. The van der Waals surface area contributed by atoms with E-state index < -0.39 is 53.6 Å². The Morgan fingerprint density at radius 2 is 1.66 bits per heavy atom. The second kappa shape index (κ2) is 13.9. The third-order valence-corrected chi connectivity index (χ3v) is 7.13. The van der Waals surface area contributed by atoms with Crippen LogP contribution in [-0.2, 0) is 28.5 Å². The monoisotopic (exact) mass is 662 g/mol. The SMILES string of the molecule is CC(C)(C)OC(=O)N1CCC(c2ccc(Cc3ncc(C(F)(F)F)c(C#Cc4ccccc4CC(N)=O)n3)c(OC(F)(F)F)c2)CC1.